The lowest BCUT2D eigenvalue weighted by atomic mass is 9.99. The van der Waals surface area contributed by atoms with Gasteiger partial charge >= 0.3 is 6.03 Å². The number of aliphatic hydroxyl groups excluding tert-OH is 1. The zero-order chi connectivity index (χ0) is 13.7. The molecule has 2 rings (SSSR count). The number of carbonyl (C=O) groups is 1. The van der Waals surface area contributed by atoms with Crippen LogP contribution in [0.2, 0.25) is 0 Å². The van der Waals surface area contributed by atoms with E-state index in [1.165, 1.54) is 0 Å². The first kappa shape index (κ1) is 14.2. The second-order valence-corrected chi connectivity index (χ2v) is 5.62. The Morgan fingerprint density at radius 1 is 1.53 bits per heavy atom. The number of anilines is 1. The number of hydrogen-bond donors (Lipinski definition) is 2. The predicted octanol–water partition coefficient (Wildman–Crippen LogP) is 2.64. The van der Waals surface area contributed by atoms with E-state index in [2.05, 4.69) is 5.32 Å². The zero-order valence-electron chi connectivity index (χ0n) is 11.1. The highest BCUT2D eigenvalue weighted by Gasteiger charge is 2.23. The molecule has 0 aliphatic carbocycles. The van der Waals surface area contributed by atoms with Crippen molar-refractivity contribution >= 4 is 23.5 Å². The molecular weight excluding hydrogens is 260 g/mol. The number of piperidine rings is 1. The largest absolute Gasteiger partial charge is 0.396 e. The third-order valence-corrected chi connectivity index (χ3v) is 4.21. The number of rotatable bonds is 3. The number of thioether (sulfide) groups is 1. The maximum atomic E-state index is 12.2. The summed E-state index contributed by atoms with van der Waals surface area (Å²) in [5.74, 6) is 0.218. The van der Waals surface area contributed by atoms with Gasteiger partial charge in [-0.3, -0.25) is 0 Å². The minimum atomic E-state index is -0.0698. The lowest BCUT2D eigenvalue weighted by molar-refractivity contribution is 0.136. The number of carbonyl (C=O) groups excluding carboxylic acids is 1. The van der Waals surface area contributed by atoms with Gasteiger partial charge in [0.25, 0.3) is 0 Å². The molecule has 0 aromatic heterocycles. The number of likely N-dealkylation sites (tertiary alicyclic amines) is 1. The fourth-order valence-electron chi connectivity index (χ4n) is 2.34. The molecule has 1 unspecified atom stereocenters. The van der Waals surface area contributed by atoms with Crippen LogP contribution in [-0.4, -0.2) is 42.0 Å². The highest BCUT2D eigenvalue weighted by Crippen LogP contribution is 2.25. The van der Waals surface area contributed by atoms with Crippen LogP contribution in [0.1, 0.15) is 12.8 Å². The smallest absolute Gasteiger partial charge is 0.321 e. The van der Waals surface area contributed by atoms with Crippen molar-refractivity contribution in [2.24, 2.45) is 5.92 Å². The molecule has 1 atom stereocenters. The summed E-state index contributed by atoms with van der Waals surface area (Å²) in [6, 6.07) is 7.72. The molecule has 0 saturated carbocycles. The van der Waals surface area contributed by atoms with Crippen molar-refractivity contribution in [2.75, 3.05) is 31.3 Å². The van der Waals surface area contributed by atoms with Gasteiger partial charge in [-0.15, -0.1) is 11.8 Å². The number of amides is 2. The van der Waals surface area contributed by atoms with Gasteiger partial charge in [0.1, 0.15) is 0 Å². The predicted molar refractivity (Wildman–Crippen MR) is 78.6 cm³/mol. The number of nitrogens with one attached hydrogen (secondary N) is 1. The molecule has 2 amide bonds. The third-order valence-electron chi connectivity index (χ3n) is 3.41. The maximum absolute atomic E-state index is 12.2. The van der Waals surface area contributed by atoms with Crippen LogP contribution in [0.4, 0.5) is 10.5 Å². The molecule has 1 saturated heterocycles. The van der Waals surface area contributed by atoms with Crippen molar-refractivity contribution in [2.45, 2.75) is 17.7 Å². The molecule has 1 aromatic rings. The number of para-hydroxylation sites is 1. The highest BCUT2D eigenvalue weighted by molar-refractivity contribution is 7.98. The van der Waals surface area contributed by atoms with Crippen molar-refractivity contribution in [1.29, 1.82) is 0 Å². The first-order valence-corrected chi connectivity index (χ1v) is 7.77. The van der Waals surface area contributed by atoms with E-state index in [-0.39, 0.29) is 18.6 Å². The molecule has 1 fully saturated rings. The number of nitrogens with zero attached hydrogens (tertiary/aromatic N) is 1. The summed E-state index contributed by atoms with van der Waals surface area (Å²) in [4.78, 5) is 15.1. The lowest BCUT2D eigenvalue weighted by Crippen LogP contribution is -2.43. The Balaban J connectivity index is 2.00. The summed E-state index contributed by atoms with van der Waals surface area (Å²) < 4.78 is 0. The Morgan fingerprint density at radius 3 is 3.05 bits per heavy atom. The van der Waals surface area contributed by atoms with Crippen LogP contribution in [0.15, 0.2) is 29.2 Å². The van der Waals surface area contributed by atoms with Crippen LogP contribution in [0, 0.1) is 5.92 Å². The molecule has 1 aliphatic rings. The van der Waals surface area contributed by atoms with Crippen molar-refractivity contribution in [3.8, 4) is 0 Å². The van der Waals surface area contributed by atoms with Crippen LogP contribution in [0.5, 0.6) is 0 Å². The highest BCUT2D eigenvalue weighted by atomic mass is 32.2. The van der Waals surface area contributed by atoms with Crippen LogP contribution >= 0.6 is 11.8 Å². The molecule has 0 spiro atoms. The Morgan fingerprint density at radius 2 is 2.32 bits per heavy atom. The average Bonchev–Trinajstić information content (AvgIpc) is 2.47. The third kappa shape index (κ3) is 3.64. The van der Waals surface area contributed by atoms with Gasteiger partial charge in [-0.25, -0.2) is 4.79 Å². The van der Waals surface area contributed by atoms with E-state index in [1.54, 1.807) is 16.7 Å². The molecule has 1 aromatic carbocycles. The van der Waals surface area contributed by atoms with Crippen molar-refractivity contribution in [1.82, 2.24) is 4.90 Å². The fraction of sp³-hybridized carbons (Fsp3) is 0.500. The first-order chi connectivity index (χ1) is 9.24. The molecule has 4 nitrogen and oxygen atoms in total. The van der Waals surface area contributed by atoms with Crippen LogP contribution < -0.4 is 5.32 Å². The van der Waals surface area contributed by atoms with E-state index in [0.717, 1.165) is 30.0 Å². The Labute approximate surface area is 118 Å². The number of benzene rings is 1. The summed E-state index contributed by atoms with van der Waals surface area (Å²) in [6.45, 7) is 1.57. The van der Waals surface area contributed by atoms with Crippen LogP contribution in [-0.2, 0) is 0 Å². The zero-order valence-corrected chi connectivity index (χ0v) is 11.9. The van der Waals surface area contributed by atoms with Crippen LogP contribution in [0.25, 0.3) is 0 Å². The van der Waals surface area contributed by atoms with Crippen molar-refractivity contribution in [3.63, 3.8) is 0 Å². The van der Waals surface area contributed by atoms with Gasteiger partial charge in [0.2, 0.25) is 0 Å². The molecule has 1 aliphatic heterocycles. The quantitative estimate of drug-likeness (QED) is 0.837. The number of aliphatic hydroxyl groups is 1. The average molecular weight is 280 g/mol. The standard InChI is InChI=1S/C14H20N2O2S/c1-19-13-7-3-2-6-12(13)15-14(18)16-8-4-5-11(9-16)10-17/h2-3,6-7,11,17H,4-5,8-10H2,1H3,(H,15,18). The van der Waals surface area contributed by atoms with Gasteiger partial charge in [0, 0.05) is 24.6 Å². The molecule has 104 valence electrons. The van der Waals surface area contributed by atoms with E-state index in [4.69, 9.17) is 0 Å². The van der Waals surface area contributed by atoms with Gasteiger partial charge in [0.05, 0.1) is 5.69 Å². The maximum Gasteiger partial charge on any atom is 0.321 e. The molecule has 19 heavy (non-hydrogen) atoms. The minimum Gasteiger partial charge on any atom is -0.396 e. The van der Waals surface area contributed by atoms with Crippen molar-refractivity contribution in [3.05, 3.63) is 24.3 Å². The molecule has 0 radical (unpaired) electrons. The lowest BCUT2D eigenvalue weighted by Gasteiger charge is -2.32. The number of urea groups is 1. The van der Waals surface area contributed by atoms with Crippen LogP contribution in [0.3, 0.4) is 0 Å². The van der Waals surface area contributed by atoms with Gasteiger partial charge < -0.3 is 15.3 Å². The molecular formula is C14H20N2O2S. The van der Waals surface area contributed by atoms with Crippen molar-refractivity contribution < 1.29 is 9.90 Å². The second kappa shape index (κ2) is 6.82. The molecule has 5 heteroatoms. The Bertz CT molecular complexity index is 439. The fourth-order valence-corrected chi connectivity index (χ4v) is 2.89. The minimum absolute atomic E-state index is 0.0698. The van der Waals surface area contributed by atoms with E-state index in [9.17, 15) is 9.90 Å². The van der Waals surface area contributed by atoms with E-state index < -0.39 is 0 Å². The normalized spacial score (nSPS) is 19.3. The molecule has 0 bridgehead atoms. The van der Waals surface area contributed by atoms with E-state index in [1.807, 2.05) is 30.5 Å². The van der Waals surface area contributed by atoms with Gasteiger partial charge in [-0.1, -0.05) is 12.1 Å². The second-order valence-electron chi connectivity index (χ2n) is 4.77. The summed E-state index contributed by atoms with van der Waals surface area (Å²) in [6.07, 6.45) is 3.96. The topological polar surface area (TPSA) is 52.6 Å². The summed E-state index contributed by atoms with van der Waals surface area (Å²) >= 11 is 1.62. The summed E-state index contributed by atoms with van der Waals surface area (Å²) in [5, 5.41) is 12.2. The molecule has 2 N–H and O–H groups in total. The van der Waals surface area contributed by atoms with E-state index in [0.29, 0.717) is 6.54 Å². The van der Waals surface area contributed by atoms with Gasteiger partial charge in [-0.05, 0) is 37.1 Å². The van der Waals surface area contributed by atoms with Gasteiger partial charge in [0.15, 0.2) is 0 Å². The first-order valence-electron chi connectivity index (χ1n) is 6.54. The Hall–Kier alpha value is -1.20. The monoisotopic (exact) mass is 280 g/mol. The SMILES string of the molecule is CSc1ccccc1NC(=O)N1CCCC(CO)C1. The summed E-state index contributed by atoms with van der Waals surface area (Å²) in [5.41, 5.74) is 0.853. The van der Waals surface area contributed by atoms with Gasteiger partial charge in [-0.2, -0.15) is 0 Å². The summed E-state index contributed by atoms with van der Waals surface area (Å²) in [7, 11) is 0. The number of hydrogen-bond acceptors (Lipinski definition) is 3. The van der Waals surface area contributed by atoms with E-state index >= 15 is 0 Å². The Kier molecular flexibility index (Phi) is 5.10. The molecule has 1 heterocycles.